The SMILES string of the molecule is O=C(c1ccc(-c2cccc3c2sc2ccccc23)cc1)c1ccc(-c2cccc3c2sc2ccccc23)cc1. The maximum Gasteiger partial charge on any atom is 0.193 e. The molecule has 2 heterocycles. The number of carbonyl (C=O) groups excluding carboxylic acids is 1. The zero-order valence-electron chi connectivity index (χ0n) is 21.4. The van der Waals surface area contributed by atoms with E-state index in [0.29, 0.717) is 11.1 Å². The first-order chi connectivity index (χ1) is 19.7. The molecule has 2 aromatic heterocycles. The van der Waals surface area contributed by atoms with Crippen LogP contribution < -0.4 is 0 Å². The smallest absolute Gasteiger partial charge is 0.193 e. The molecule has 0 saturated heterocycles. The molecule has 188 valence electrons. The van der Waals surface area contributed by atoms with Crippen molar-refractivity contribution >= 4 is 68.8 Å². The monoisotopic (exact) mass is 546 g/mol. The lowest BCUT2D eigenvalue weighted by Crippen LogP contribution is -2.01. The van der Waals surface area contributed by atoms with Crippen LogP contribution in [0.4, 0.5) is 0 Å². The van der Waals surface area contributed by atoms with Crippen molar-refractivity contribution in [2.24, 2.45) is 0 Å². The molecule has 0 spiro atoms. The molecule has 0 aliphatic carbocycles. The first-order valence-corrected chi connectivity index (χ1v) is 14.9. The van der Waals surface area contributed by atoms with Gasteiger partial charge >= 0.3 is 0 Å². The predicted molar refractivity (Wildman–Crippen MR) is 173 cm³/mol. The van der Waals surface area contributed by atoms with Crippen molar-refractivity contribution in [2.45, 2.75) is 0 Å². The topological polar surface area (TPSA) is 17.1 Å². The Hall–Kier alpha value is -4.57. The Kier molecular flexibility index (Phi) is 5.41. The van der Waals surface area contributed by atoms with Crippen LogP contribution in [0.2, 0.25) is 0 Å². The summed E-state index contributed by atoms with van der Waals surface area (Å²) in [7, 11) is 0. The van der Waals surface area contributed by atoms with Crippen molar-refractivity contribution in [2.75, 3.05) is 0 Å². The van der Waals surface area contributed by atoms with Crippen LogP contribution >= 0.6 is 22.7 Å². The first-order valence-electron chi connectivity index (χ1n) is 13.3. The van der Waals surface area contributed by atoms with Gasteiger partial charge in [0.25, 0.3) is 0 Å². The highest BCUT2D eigenvalue weighted by Crippen LogP contribution is 2.41. The normalized spacial score (nSPS) is 11.6. The Balaban J connectivity index is 1.10. The molecule has 0 aliphatic heterocycles. The fourth-order valence-electron chi connectivity index (χ4n) is 5.72. The summed E-state index contributed by atoms with van der Waals surface area (Å²) in [5, 5.41) is 5.15. The molecular formula is C37H22OS2. The second-order valence-corrected chi connectivity index (χ2v) is 12.1. The van der Waals surface area contributed by atoms with Crippen molar-refractivity contribution in [3.05, 3.63) is 145 Å². The second kappa shape index (κ2) is 9.27. The van der Waals surface area contributed by atoms with E-state index in [4.69, 9.17) is 0 Å². The number of fused-ring (bicyclic) bond motifs is 6. The molecule has 3 heteroatoms. The molecule has 40 heavy (non-hydrogen) atoms. The van der Waals surface area contributed by atoms with Gasteiger partial charge in [0.15, 0.2) is 5.78 Å². The largest absolute Gasteiger partial charge is 0.289 e. The van der Waals surface area contributed by atoms with E-state index in [1.54, 1.807) is 0 Å². The molecule has 0 aliphatic rings. The van der Waals surface area contributed by atoms with Crippen LogP contribution in [0.3, 0.4) is 0 Å². The zero-order chi connectivity index (χ0) is 26.6. The molecule has 0 atom stereocenters. The molecule has 0 saturated carbocycles. The van der Waals surface area contributed by atoms with Gasteiger partial charge < -0.3 is 0 Å². The van der Waals surface area contributed by atoms with E-state index in [1.165, 1.54) is 51.5 Å². The maximum atomic E-state index is 13.4. The van der Waals surface area contributed by atoms with Crippen LogP contribution in [0.15, 0.2) is 133 Å². The summed E-state index contributed by atoms with van der Waals surface area (Å²) in [5.74, 6) is 0.0400. The highest BCUT2D eigenvalue weighted by atomic mass is 32.1. The summed E-state index contributed by atoms with van der Waals surface area (Å²) in [6, 6.07) is 46.2. The van der Waals surface area contributed by atoms with Crippen LogP contribution in [0.5, 0.6) is 0 Å². The molecule has 0 radical (unpaired) electrons. The van der Waals surface area contributed by atoms with Crippen LogP contribution in [0.1, 0.15) is 15.9 Å². The fraction of sp³-hybridized carbons (Fsp3) is 0. The standard InChI is InChI=1S/C37H22OS2/c38-35(25-19-15-23(16-20-25)27-9-5-11-31-29-7-1-3-13-33(29)39-36(27)31)26-21-17-24(18-22-26)28-10-6-12-32-30-8-2-4-14-34(30)40-37(28)32/h1-22H. The van der Waals surface area contributed by atoms with Gasteiger partial charge in [-0.25, -0.2) is 0 Å². The summed E-state index contributed by atoms with van der Waals surface area (Å²) < 4.78 is 5.16. The summed E-state index contributed by atoms with van der Waals surface area (Å²) in [6.07, 6.45) is 0. The van der Waals surface area contributed by atoms with Crippen LogP contribution in [-0.4, -0.2) is 5.78 Å². The second-order valence-electron chi connectivity index (χ2n) is 10.0. The number of hydrogen-bond donors (Lipinski definition) is 0. The summed E-state index contributed by atoms with van der Waals surface area (Å²) in [6.45, 7) is 0. The molecule has 6 aromatic carbocycles. The lowest BCUT2D eigenvalue weighted by molar-refractivity contribution is 0.103. The van der Waals surface area contributed by atoms with E-state index >= 15 is 0 Å². The Bertz CT molecular complexity index is 2050. The number of hydrogen-bond acceptors (Lipinski definition) is 3. The van der Waals surface area contributed by atoms with E-state index in [2.05, 4.69) is 109 Å². The lowest BCUT2D eigenvalue weighted by Gasteiger charge is -2.08. The van der Waals surface area contributed by atoms with Crippen molar-refractivity contribution in [1.29, 1.82) is 0 Å². The Morgan fingerprint density at radius 3 is 1.25 bits per heavy atom. The van der Waals surface area contributed by atoms with Gasteiger partial charge in [0.05, 0.1) is 0 Å². The van der Waals surface area contributed by atoms with E-state index < -0.39 is 0 Å². The minimum Gasteiger partial charge on any atom is -0.289 e. The molecule has 0 unspecified atom stereocenters. The summed E-state index contributed by atoms with van der Waals surface area (Å²) in [5.41, 5.74) is 6.06. The van der Waals surface area contributed by atoms with E-state index in [9.17, 15) is 4.79 Å². The third-order valence-electron chi connectivity index (χ3n) is 7.72. The van der Waals surface area contributed by atoms with Crippen molar-refractivity contribution in [3.63, 3.8) is 0 Å². The Morgan fingerprint density at radius 1 is 0.400 bits per heavy atom. The minimum atomic E-state index is 0.0400. The molecule has 0 amide bonds. The molecule has 0 N–H and O–H groups in total. The number of benzene rings is 6. The van der Waals surface area contributed by atoms with Crippen molar-refractivity contribution in [1.82, 2.24) is 0 Å². The fourth-order valence-corrected chi connectivity index (χ4v) is 8.19. The number of carbonyl (C=O) groups is 1. The van der Waals surface area contributed by atoms with Crippen LogP contribution in [-0.2, 0) is 0 Å². The Morgan fingerprint density at radius 2 is 0.800 bits per heavy atom. The highest BCUT2D eigenvalue weighted by molar-refractivity contribution is 7.26. The molecule has 1 nitrogen and oxygen atoms in total. The van der Waals surface area contributed by atoms with E-state index in [1.807, 2.05) is 46.9 Å². The predicted octanol–water partition coefficient (Wildman–Crippen LogP) is 11.0. The third-order valence-corrected chi connectivity index (χ3v) is 10.2. The number of thiophene rings is 2. The minimum absolute atomic E-state index is 0.0400. The molecule has 8 rings (SSSR count). The maximum absolute atomic E-state index is 13.4. The molecular weight excluding hydrogens is 525 g/mol. The van der Waals surface area contributed by atoms with Gasteiger partial charge in [-0.05, 0) is 34.4 Å². The molecule has 0 fully saturated rings. The third kappa shape index (κ3) is 3.70. The molecule has 0 bridgehead atoms. The average Bonchev–Trinajstić information content (AvgIpc) is 3.59. The summed E-state index contributed by atoms with van der Waals surface area (Å²) >= 11 is 3.65. The number of ketones is 1. The lowest BCUT2D eigenvalue weighted by atomic mass is 9.96. The Labute approximate surface area is 239 Å². The zero-order valence-corrected chi connectivity index (χ0v) is 23.1. The van der Waals surface area contributed by atoms with Gasteiger partial charge in [-0.3, -0.25) is 4.79 Å². The average molecular weight is 547 g/mol. The highest BCUT2D eigenvalue weighted by Gasteiger charge is 2.14. The van der Waals surface area contributed by atoms with Crippen molar-refractivity contribution < 1.29 is 4.79 Å². The van der Waals surface area contributed by atoms with Gasteiger partial charge in [0.2, 0.25) is 0 Å². The van der Waals surface area contributed by atoms with E-state index in [0.717, 1.165) is 11.1 Å². The molecule has 8 aromatic rings. The van der Waals surface area contributed by atoms with Crippen molar-refractivity contribution in [3.8, 4) is 22.3 Å². The quantitative estimate of drug-likeness (QED) is 0.201. The van der Waals surface area contributed by atoms with Crippen LogP contribution in [0.25, 0.3) is 62.6 Å². The van der Waals surface area contributed by atoms with Gasteiger partial charge in [-0.1, -0.05) is 121 Å². The van der Waals surface area contributed by atoms with E-state index in [-0.39, 0.29) is 5.78 Å². The van der Waals surface area contributed by atoms with Crippen LogP contribution in [0, 0.1) is 0 Å². The number of rotatable bonds is 4. The first kappa shape index (κ1) is 23.3. The summed E-state index contributed by atoms with van der Waals surface area (Å²) in [4.78, 5) is 13.4. The van der Waals surface area contributed by atoms with Gasteiger partial charge in [-0.2, -0.15) is 0 Å². The van der Waals surface area contributed by atoms with Gasteiger partial charge in [0.1, 0.15) is 0 Å². The van der Waals surface area contributed by atoms with Gasteiger partial charge in [-0.15, -0.1) is 22.7 Å². The van der Waals surface area contributed by atoms with Gasteiger partial charge in [0, 0.05) is 51.5 Å².